The number of nitrogens with two attached hydrogens (primary N) is 1. The van der Waals surface area contributed by atoms with Crippen molar-refractivity contribution in [2.24, 2.45) is 11.7 Å². The number of hydrogen-bond donors (Lipinski definition) is 1. The zero-order valence-corrected chi connectivity index (χ0v) is 11.7. The molecule has 1 fully saturated rings. The first kappa shape index (κ1) is 14.3. The Bertz CT molecular complexity index is 388. The van der Waals surface area contributed by atoms with Gasteiger partial charge >= 0.3 is 0 Å². The van der Waals surface area contributed by atoms with Crippen LogP contribution in [0.25, 0.3) is 0 Å². The zero-order valence-electron chi connectivity index (χ0n) is 11.7. The van der Waals surface area contributed by atoms with Crippen LogP contribution in [0.2, 0.25) is 0 Å². The molecule has 2 nitrogen and oxygen atoms in total. The number of Topliss-reactive ketones (excluding diaryl/α,β-unsaturated/α-hetero) is 1. The largest absolute Gasteiger partial charge is 0.327 e. The van der Waals surface area contributed by atoms with Gasteiger partial charge in [-0.05, 0) is 31.2 Å². The van der Waals surface area contributed by atoms with Gasteiger partial charge in [-0.25, -0.2) is 0 Å². The summed E-state index contributed by atoms with van der Waals surface area (Å²) in [5, 5.41) is 0. The van der Waals surface area contributed by atoms with Gasteiger partial charge in [0.05, 0.1) is 0 Å². The third-order valence-corrected chi connectivity index (χ3v) is 4.21. The van der Waals surface area contributed by atoms with Gasteiger partial charge in [0, 0.05) is 18.4 Å². The lowest BCUT2D eigenvalue weighted by Crippen LogP contribution is -2.34. The molecule has 2 rings (SSSR count). The molecule has 0 bridgehead atoms. The minimum absolute atomic E-state index is 0.103. The molecule has 0 aromatic heterocycles. The first-order chi connectivity index (χ1) is 9.27. The molecule has 1 aromatic rings. The second-order valence-corrected chi connectivity index (χ2v) is 5.71. The smallest absolute Gasteiger partial charge is 0.137 e. The Morgan fingerprint density at radius 3 is 2.63 bits per heavy atom. The molecular formula is C17H25NO. The third-order valence-electron chi connectivity index (χ3n) is 4.21. The number of rotatable bonds is 5. The highest BCUT2D eigenvalue weighted by Gasteiger charge is 2.26. The van der Waals surface area contributed by atoms with Crippen molar-refractivity contribution in [2.45, 2.75) is 57.4 Å². The fourth-order valence-electron chi connectivity index (χ4n) is 3.03. The van der Waals surface area contributed by atoms with Crippen molar-refractivity contribution in [3.05, 3.63) is 35.9 Å². The van der Waals surface area contributed by atoms with Crippen LogP contribution in [0.1, 0.15) is 50.5 Å². The summed E-state index contributed by atoms with van der Waals surface area (Å²) in [5.41, 5.74) is 7.46. The van der Waals surface area contributed by atoms with Gasteiger partial charge < -0.3 is 5.73 Å². The molecule has 0 radical (unpaired) electrons. The fraction of sp³-hybridized carbons (Fsp3) is 0.588. The summed E-state index contributed by atoms with van der Waals surface area (Å²) in [5.74, 6) is 0.517. The zero-order chi connectivity index (χ0) is 13.5. The summed E-state index contributed by atoms with van der Waals surface area (Å²) in [6.07, 6.45) is 8.26. The van der Waals surface area contributed by atoms with Crippen LogP contribution in [0.4, 0.5) is 0 Å². The van der Waals surface area contributed by atoms with Crippen molar-refractivity contribution in [3.8, 4) is 0 Å². The van der Waals surface area contributed by atoms with E-state index in [0.717, 1.165) is 25.7 Å². The van der Waals surface area contributed by atoms with Gasteiger partial charge in [0.15, 0.2) is 0 Å². The molecule has 104 valence electrons. The van der Waals surface area contributed by atoms with E-state index in [2.05, 4.69) is 24.3 Å². The van der Waals surface area contributed by atoms with Gasteiger partial charge in [-0.3, -0.25) is 4.79 Å². The molecule has 2 heteroatoms. The predicted octanol–water partition coefficient (Wildman–Crippen LogP) is 3.49. The summed E-state index contributed by atoms with van der Waals surface area (Å²) in [6, 6.07) is 10.5. The van der Waals surface area contributed by atoms with Crippen molar-refractivity contribution in [3.63, 3.8) is 0 Å². The molecule has 1 aromatic carbocycles. The van der Waals surface area contributed by atoms with E-state index in [1.165, 1.54) is 24.8 Å². The number of carbonyl (C=O) groups is 1. The van der Waals surface area contributed by atoms with E-state index in [4.69, 9.17) is 5.73 Å². The van der Waals surface area contributed by atoms with Crippen LogP contribution >= 0.6 is 0 Å². The highest BCUT2D eigenvalue weighted by atomic mass is 16.1. The van der Waals surface area contributed by atoms with Crippen molar-refractivity contribution >= 4 is 5.78 Å². The number of hydrogen-bond acceptors (Lipinski definition) is 2. The van der Waals surface area contributed by atoms with Crippen LogP contribution in [0.3, 0.4) is 0 Å². The van der Waals surface area contributed by atoms with Gasteiger partial charge in [0.2, 0.25) is 0 Å². The van der Waals surface area contributed by atoms with Crippen LogP contribution < -0.4 is 5.73 Å². The molecule has 1 aliphatic rings. The Kier molecular flexibility index (Phi) is 5.59. The molecule has 1 saturated carbocycles. The van der Waals surface area contributed by atoms with E-state index < -0.39 is 0 Å². The van der Waals surface area contributed by atoms with Gasteiger partial charge in [0.25, 0.3) is 0 Å². The van der Waals surface area contributed by atoms with Crippen LogP contribution in [-0.4, -0.2) is 11.8 Å². The van der Waals surface area contributed by atoms with Crippen molar-refractivity contribution < 1.29 is 4.79 Å². The highest BCUT2D eigenvalue weighted by Crippen LogP contribution is 2.24. The van der Waals surface area contributed by atoms with E-state index >= 15 is 0 Å². The summed E-state index contributed by atoms with van der Waals surface area (Å²) >= 11 is 0. The van der Waals surface area contributed by atoms with E-state index in [9.17, 15) is 4.79 Å². The maximum absolute atomic E-state index is 12.3. The minimum Gasteiger partial charge on any atom is -0.327 e. The van der Waals surface area contributed by atoms with Crippen LogP contribution in [0, 0.1) is 5.92 Å². The normalized spacial score (nSPS) is 23.8. The second-order valence-electron chi connectivity index (χ2n) is 5.71. The number of aryl methyl sites for hydroxylation is 1. The molecule has 0 saturated heterocycles. The second kappa shape index (κ2) is 7.44. The number of carbonyl (C=O) groups excluding carboxylic acids is 1. The van der Waals surface area contributed by atoms with Gasteiger partial charge in [-0.1, -0.05) is 49.6 Å². The average molecular weight is 259 g/mol. The predicted molar refractivity (Wildman–Crippen MR) is 78.9 cm³/mol. The van der Waals surface area contributed by atoms with Crippen molar-refractivity contribution in [1.29, 1.82) is 0 Å². The summed E-state index contributed by atoms with van der Waals surface area (Å²) < 4.78 is 0. The topological polar surface area (TPSA) is 43.1 Å². The summed E-state index contributed by atoms with van der Waals surface area (Å²) in [4.78, 5) is 12.3. The Balaban J connectivity index is 1.77. The fourth-order valence-corrected chi connectivity index (χ4v) is 3.03. The monoisotopic (exact) mass is 259 g/mol. The molecule has 2 unspecified atom stereocenters. The molecule has 19 heavy (non-hydrogen) atoms. The number of benzene rings is 1. The maximum atomic E-state index is 12.3. The standard InChI is InChI=1S/C17H25NO/c18-16-12-6-2-5-11-15(16)17(19)13-7-10-14-8-3-1-4-9-14/h1,3-4,8-9,15-16H,2,5-7,10-13,18H2. The molecule has 2 atom stereocenters. The van der Waals surface area contributed by atoms with E-state index in [0.29, 0.717) is 12.2 Å². The average Bonchev–Trinajstić information content (AvgIpc) is 2.64. The minimum atomic E-state index is 0.103. The molecule has 1 aliphatic carbocycles. The van der Waals surface area contributed by atoms with E-state index in [-0.39, 0.29) is 12.0 Å². The van der Waals surface area contributed by atoms with E-state index in [1.54, 1.807) is 0 Å². The summed E-state index contributed by atoms with van der Waals surface area (Å²) in [7, 11) is 0. The highest BCUT2D eigenvalue weighted by molar-refractivity contribution is 5.81. The Labute approximate surface area is 116 Å². The van der Waals surface area contributed by atoms with Gasteiger partial charge in [0.1, 0.15) is 5.78 Å². The lowest BCUT2D eigenvalue weighted by molar-refractivity contribution is -0.123. The summed E-state index contributed by atoms with van der Waals surface area (Å²) in [6.45, 7) is 0. The van der Waals surface area contributed by atoms with Gasteiger partial charge in [-0.15, -0.1) is 0 Å². The molecule has 0 amide bonds. The van der Waals surface area contributed by atoms with Gasteiger partial charge in [-0.2, -0.15) is 0 Å². The lowest BCUT2D eigenvalue weighted by Gasteiger charge is -2.19. The Morgan fingerprint density at radius 2 is 1.84 bits per heavy atom. The maximum Gasteiger partial charge on any atom is 0.137 e. The first-order valence-corrected chi connectivity index (χ1v) is 7.59. The molecule has 0 aliphatic heterocycles. The quantitative estimate of drug-likeness (QED) is 0.823. The third kappa shape index (κ3) is 4.46. The Morgan fingerprint density at radius 1 is 1.11 bits per heavy atom. The van der Waals surface area contributed by atoms with Crippen LogP contribution in [-0.2, 0) is 11.2 Å². The molecular weight excluding hydrogens is 234 g/mol. The van der Waals surface area contributed by atoms with Crippen molar-refractivity contribution in [1.82, 2.24) is 0 Å². The first-order valence-electron chi connectivity index (χ1n) is 7.59. The SMILES string of the molecule is NC1CCCCCC1C(=O)CCCc1ccccc1. The molecule has 2 N–H and O–H groups in total. The lowest BCUT2D eigenvalue weighted by atomic mass is 9.88. The molecule has 0 spiro atoms. The van der Waals surface area contributed by atoms with Crippen LogP contribution in [0.5, 0.6) is 0 Å². The van der Waals surface area contributed by atoms with E-state index in [1.807, 2.05) is 6.07 Å². The van der Waals surface area contributed by atoms with Crippen molar-refractivity contribution in [2.75, 3.05) is 0 Å². The van der Waals surface area contributed by atoms with Crippen LogP contribution in [0.15, 0.2) is 30.3 Å². The Hall–Kier alpha value is -1.15. The number of ketones is 1. The molecule has 0 heterocycles.